The monoisotopic (exact) mass is 483 g/mol. The van der Waals surface area contributed by atoms with Crippen molar-refractivity contribution in [2.75, 3.05) is 18.1 Å². The van der Waals surface area contributed by atoms with E-state index >= 15 is 0 Å². The van der Waals surface area contributed by atoms with Crippen molar-refractivity contribution >= 4 is 36.7 Å². The Hall–Kier alpha value is -1.62. The Balaban J connectivity index is 2.11. The third-order valence-electron chi connectivity index (χ3n) is 7.56. The lowest BCUT2D eigenvalue weighted by atomic mass is 9.98. The van der Waals surface area contributed by atoms with Crippen molar-refractivity contribution in [1.82, 2.24) is 15.0 Å². The van der Waals surface area contributed by atoms with E-state index in [1.54, 1.807) is 0 Å². The Bertz CT molecular complexity index is 983. The summed E-state index contributed by atoms with van der Waals surface area (Å²) in [6.07, 6.45) is 8.93. The average molecular weight is 484 g/mol. The summed E-state index contributed by atoms with van der Waals surface area (Å²) in [7, 11) is -1.86. The number of rotatable bonds is 8. The molecule has 180 valence electrons. The summed E-state index contributed by atoms with van der Waals surface area (Å²) in [5, 5.41) is 5.30. The lowest BCUT2D eigenvalue weighted by Gasteiger charge is -2.38. The van der Waals surface area contributed by atoms with Crippen molar-refractivity contribution in [2.45, 2.75) is 95.0 Å². The maximum Gasteiger partial charge on any atom is 0.189 e. The first-order valence-corrected chi connectivity index (χ1v) is 15.9. The second-order valence-electron chi connectivity index (χ2n) is 10.3. The Morgan fingerprint density at radius 2 is 1.73 bits per heavy atom. The number of fused-ring (bicyclic) bond motifs is 1. The molecule has 7 heteroatoms. The maximum absolute atomic E-state index is 6.17. The van der Waals surface area contributed by atoms with Gasteiger partial charge in [-0.1, -0.05) is 72.1 Å². The van der Waals surface area contributed by atoms with Gasteiger partial charge in [-0.3, -0.25) is 0 Å². The minimum Gasteiger partial charge on any atom is -0.366 e. The standard InChI is InChI=1S/C26H41N5SSi/c1-17(2)33(18(3)4,19(5)6)13-12-21-14-24(29-23(15-27)20-10-8-9-11-20)30-25-22(21)16-28-26(31-25)32-7/h14,16-20,23H,8-11,15,27H2,1-7H3,(H,28,29,30,31). The van der Waals surface area contributed by atoms with Crippen LogP contribution in [0.5, 0.6) is 0 Å². The van der Waals surface area contributed by atoms with Crippen molar-refractivity contribution in [3.05, 3.63) is 17.8 Å². The van der Waals surface area contributed by atoms with Gasteiger partial charge in [-0.2, -0.15) is 0 Å². The minimum atomic E-state index is -1.86. The molecule has 0 aliphatic heterocycles. The molecule has 0 radical (unpaired) electrons. The van der Waals surface area contributed by atoms with Gasteiger partial charge in [0.2, 0.25) is 0 Å². The van der Waals surface area contributed by atoms with Crippen LogP contribution in [0.3, 0.4) is 0 Å². The smallest absolute Gasteiger partial charge is 0.189 e. The van der Waals surface area contributed by atoms with E-state index in [2.05, 4.69) is 69.4 Å². The predicted octanol–water partition coefficient (Wildman–Crippen LogP) is 6.25. The van der Waals surface area contributed by atoms with Gasteiger partial charge < -0.3 is 11.1 Å². The Morgan fingerprint density at radius 1 is 1.09 bits per heavy atom. The molecule has 5 nitrogen and oxygen atoms in total. The number of anilines is 1. The third-order valence-corrected chi connectivity index (χ3v) is 14.4. The Morgan fingerprint density at radius 3 is 2.27 bits per heavy atom. The van der Waals surface area contributed by atoms with Crippen LogP contribution in [-0.2, 0) is 0 Å². The van der Waals surface area contributed by atoms with Crippen molar-refractivity contribution < 1.29 is 0 Å². The molecule has 0 bridgehead atoms. The Kier molecular flexibility index (Phi) is 8.82. The molecule has 0 saturated heterocycles. The number of nitrogens with two attached hydrogens (primary N) is 1. The maximum atomic E-state index is 6.17. The van der Waals surface area contributed by atoms with Crippen LogP contribution >= 0.6 is 11.8 Å². The van der Waals surface area contributed by atoms with Gasteiger partial charge in [-0.25, -0.2) is 15.0 Å². The number of pyridine rings is 1. The normalized spacial score (nSPS) is 16.0. The van der Waals surface area contributed by atoms with Crippen LogP contribution in [-0.4, -0.2) is 41.9 Å². The van der Waals surface area contributed by atoms with Gasteiger partial charge in [0.1, 0.15) is 13.9 Å². The molecule has 3 N–H and O–H groups in total. The molecular formula is C26H41N5SSi. The van der Waals surface area contributed by atoms with E-state index in [1.807, 2.05) is 12.5 Å². The molecule has 1 aliphatic carbocycles. The molecule has 3 rings (SSSR count). The first-order valence-electron chi connectivity index (χ1n) is 12.4. The number of thioether (sulfide) groups is 1. The number of aromatic nitrogens is 3. The molecule has 0 amide bonds. The van der Waals surface area contributed by atoms with Crippen LogP contribution in [0.1, 0.15) is 72.8 Å². The molecule has 2 heterocycles. The van der Waals surface area contributed by atoms with Crippen LogP contribution in [0.2, 0.25) is 16.6 Å². The summed E-state index contributed by atoms with van der Waals surface area (Å²) in [6, 6.07) is 2.32. The zero-order valence-electron chi connectivity index (χ0n) is 21.4. The topological polar surface area (TPSA) is 76.7 Å². The van der Waals surface area contributed by atoms with Crippen LogP contribution in [0, 0.1) is 17.4 Å². The lowest BCUT2D eigenvalue weighted by molar-refractivity contribution is 0.461. The molecule has 33 heavy (non-hydrogen) atoms. The van der Waals surface area contributed by atoms with E-state index in [-0.39, 0.29) is 6.04 Å². The van der Waals surface area contributed by atoms with Crippen LogP contribution < -0.4 is 11.1 Å². The minimum absolute atomic E-state index is 0.232. The molecule has 1 fully saturated rings. The zero-order valence-corrected chi connectivity index (χ0v) is 23.2. The first kappa shape index (κ1) is 26.0. The van der Waals surface area contributed by atoms with Crippen LogP contribution in [0.25, 0.3) is 11.0 Å². The highest BCUT2D eigenvalue weighted by Crippen LogP contribution is 2.41. The summed E-state index contributed by atoms with van der Waals surface area (Å²) < 4.78 is 0. The second kappa shape index (κ2) is 11.2. The van der Waals surface area contributed by atoms with Gasteiger partial charge in [0.15, 0.2) is 10.8 Å². The molecule has 1 atom stereocenters. The summed E-state index contributed by atoms with van der Waals surface area (Å²) in [6.45, 7) is 14.7. The second-order valence-corrected chi connectivity index (χ2v) is 16.7. The number of hydrogen-bond acceptors (Lipinski definition) is 6. The fraction of sp³-hybridized carbons (Fsp3) is 0.654. The number of nitrogens with one attached hydrogen (secondary N) is 1. The summed E-state index contributed by atoms with van der Waals surface area (Å²) in [4.78, 5) is 14.1. The van der Waals surface area contributed by atoms with Gasteiger partial charge in [-0.15, -0.1) is 5.54 Å². The molecule has 1 unspecified atom stereocenters. The van der Waals surface area contributed by atoms with E-state index in [0.717, 1.165) is 21.9 Å². The van der Waals surface area contributed by atoms with E-state index in [1.165, 1.54) is 37.4 Å². The van der Waals surface area contributed by atoms with Crippen molar-refractivity contribution in [3.8, 4) is 11.5 Å². The summed E-state index contributed by atoms with van der Waals surface area (Å²) >= 11 is 1.53. The molecular weight excluding hydrogens is 442 g/mol. The van der Waals surface area contributed by atoms with Gasteiger partial charge in [0.25, 0.3) is 0 Å². The summed E-state index contributed by atoms with van der Waals surface area (Å²) in [5.74, 6) is 5.06. The highest BCUT2D eigenvalue weighted by Gasteiger charge is 2.41. The quantitative estimate of drug-likeness (QED) is 0.200. The average Bonchev–Trinajstić information content (AvgIpc) is 3.31. The van der Waals surface area contributed by atoms with E-state index < -0.39 is 8.07 Å². The van der Waals surface area contributed by atoms with Crippen molar-refractivity contribution in [1.29, 1.82) is 0 Å². The molecule has 1 aliphatic rings. The van der Waals surface area contributed by atoms with Gasteiger partial charge >= 0.3 is 0 Å². The molecule has 1 saturated carbocycles. The molecule has 0 aromatic carbocycles. The van der Waals surface area contributed by atoms with Crippen molar-refractivity contribution in [2.24, 2.45) is 11.7 Å². The Labute approximate surface area is 205 Å². The van der Waals surface area contributed by atoms with E-state index in [4.69, 9.17) is 15.7 Å². The molecule has 2 aromatic rings. The largest absolute Gasteiger partial charge is 0.366 e. The lowest BCUT2D eigenvalue weighted by Crippen LogP contribution is -2.43. The van der Waals surface area contributed by atoms with Gasteiger partial charge in [0.05, 0.1) is 5.39 Å². The third kappa shape index (κ3) is 5.55. The number of nitrogens with zero attached hydrogens (tertiary/aromatic N) is 3. The number of hydrogen-bond donors (Lipinski definition) is 2. The fourth-order valence-corrected chi connectivity index (χ4v) is 11.3. The van der Waals surface area contributed by atoms with E-state index in [9.17, 15) is 0 Å². The SMILES string of the molecule is CSc1ncc2c(C#C[Si](C(C)C)(C(C)C)C(C)C)cc(NC(CN)C3CCCC3)nc2n1. The fourth-order valence-electron chi connectivity index (χ4n) is 5.80. The van der Waals surface area contributed by atoms with Gasteiger partial charge in [0, 0.05) is 24.3 Å². The van der Waals surface area contributed by atoms with Gasteiger partial charge in [-0.05, 0) is 47.7 Å². The van der Waals surface area contributed by atoms with Crippen molar-refractivity contribution in [3.63, 3.8) is 0 Å². The molecule has 0 spiro atoms. The van der Waals surface area contributed by atoms with E-state index in [0.29, 0.717) is 34.7 Å². The summed E-state index contributed by atoms with van der Waals surface area (Å²) in [5.41, 5.74) is 13.5. The first-order chi connectivity index (χ1) is 15.7. The van der Waals surface area contributed by atoms with Crippen LogP contribution in [0.4, 0.5) is 5.82 Å². The molecule has 2 aromatic heterocycles. The zero-order chi connectivity index (χ0) is 24.2. The van der Waals surface area contributed by atoms with Crippen LogP contribution in [0.15, 0.2) is 17.4 Å². The highest BCUT2D eigenvalue weighted by molar-refractivity contribution is 7.98. The highest BCUT2D eigenvalue weighted by atomic mass is 32.2. The predicted molar refractivity (Wildman–Crippen MR) is 145 cm³/mol.